The highest BCUT2D eigenvalue weighted by Gasteiger charge is 2.13. The molecular weight excluding hydrogens is 242 g/mol. The van der Waals surface area contributed by atoms with Crippen molar-refractivity contribution in [3.05, 3.63) is 22.4 Å². The second-order valence-electron chi connectivity index (χ2n) is 3.59. The smallest absolute Gasteiger partial charge is 0.334 e. The standard InChI is InChI=1S/C11H15NO4S/c13-9(11(15)16)7-12-10(14)5-1-3-8-4-2-6-17-8/h2,4,6,9,13H,1,3,5,7H2,(H,12,14)(H,15,16)/t9-/m0/s1. The van der Waals surface area contributed by atoms with Gasteiger partial charge in [0.25, 0.3) is 0 Å². The average Bonchev–Trinajstić information content (AvgIpc) is 2.78. The fraction of sp³-hybridized carbons (Fsp3) is 0.455. The molecule has 1 aromatic heterocycles. The largest absolute Gasteiger partial charge is 0.479 e. The number of carboxylic acid groups (broad SMARTS) is 1. The van der Waals surface area contributed by atoms with Gasteiger partial charge in [0.2, 0.25) is 5.91 Å². The molecule has 1 atom stereocenters. The van der Waals surface area contributed by atoms with E-state index in [4.69, 9.17) is 10.2 Å². The van der Waals surface area contributed by atoms with Crippen LogP contribution in [0.4, 0.5) is 0 Å². The minimum absolute atomic E-state index is 0.234. The molecular formula is C11H15NO4S. The molecule has 17 heavy (non-hydrogen) atoms. The Kier molecular flexibility index (Phi) is 5.65. The first-order valence-electron chi connectivity index (χ1n) is 5.29. The molecule has 6 heteroatoms. The van der Waals surface area contributed by atoms with Crippen molar-refractivity contribution in [2.45, 2.75) is 25.4 Å². The highest BCUT2D eigenvalue weighted by Crippen LogP contribution is 2.11. The van der Waals surface area contributed by atoms with Crippen LogP contribution in [0.25, 0.3) is 0 Å². The van der Waals surface area contributed by atoms with Crippen molar-refractivity contribution in [3.8, 4) is 0 Å². The van der Waals surface area contributed by atoms with Crippen molar-refractivity contribution in [1.82, 2.24) is 5.32 Å². The van der Waals surface area contributed by atoms with E-state index in [1.807, 2.05) is 17.5 Å². The molecule has 1 aromatic rings. The Balaban J connectivity index is 2.11. The van der Waals surface area contributed by atoms with Crippen molar-refractivity contribution < 1.29 is 19.8 Å². The van der Waals surface area contributed by atoms with E-state index in [9.17, 15) is 9.59 Å². The van der Waals surface area contributed by atoms with Gasteiger partial charge in [-0.25, -0.2) is 4.79 Å². The number of nitrogens with one attached hydrogen (secondary N) is 1. The predicted molar refractivity (Wildman–Crippen MR) is 63.9 cm³/mol. The molecule has 1 rings (SSSR count). The number of carboxylic acids is 1. The lowest BCUT2D eigenvalue weighted by Crippen LogP contribution is -2.36. The molecule has 0 aliphatic rings. The van der Waals surface area contributed by atoms with Crippen LogP contribution in [0, 0.1) is 0 Å². The van der Waals surface area contributed by atoms with Gasteiger partial charge in [0.05, 0.1) is 6.54 Å². The number of rotatable bonds is 7. The molecule has 0 aromatic carbocycles. The minimum Gasteiger partial charge on any atom is -0.479 e. The highest BCUT2D eigenvalue weighted by atomic mass is 32.1. The summed E-state index contributed by atoms with van der Waals surface area (Å²) in [6.45, 7) is -0.243. The van der Waals surface area contributed by atoms with Gasteiger partial charge in [0.15, 0.2) is 6.10 Å². The second kappa shape index (κ2) is 7.03. The molecule has 1 heterocycles. The number of aliphatic carboxylic acids is 1. The van der Waals surface area contributed by atoms with Gasteiger partial charge in [-0.2, -0.15) is 0 Å². The first-order chi connectivity index (χ1) is 8.09. The van der Waals surface area contributed by atoms with E-state index in [0.29, 0.717) is 6.42 Å². The van der Waals surface area contributed by atoms with Crippen LogP contribution < -0.4 is 5.32 Å². The van der Waals surface area contributed by atoms with Crippen molar-refractivity contribution >= 4 is 23.2 Å². The van der Waals surface area contributed by atoms with E-state index < -0.39 is 12.1 Å². The summed E-state index contributed by atoms with van der Waals surface area (Å²) in [5.41, 5.74) is 0. The van der Waals surface area contributed by atoms with E-state index in [0.717, 1.165) is 12.8 Å². The summed E-state index contributed by atoms with van der Waals surface area (Å²) < 4.78 is 0. The summed E-state index contributed by atoms with van der Waals surface area (Å²) in [4.78, 5) is 22.8. The molecule has 0 spiro atoms. The SMILES string of the molecule is O=C(CCCc1cccs1)NC[C@H](O)C(=O)O. The van der Waals surface area contributed by atoms with Crippen LogP contribution in [0.1, 0.15) is 17.7 Å². The molecule has 0 aliphatic heterocycles. The maximum atomic E-state index is 11.3. The van der Waals surface area contributed by atoms with Gasteiger partial charge in [-0.15, -0.1) is 11.3 Å². The molecule has 0 unspecified atom stereocenters. The molecule has 0 radical (unpaired) electrons. The third-order valence-corrected chi connectivity index (χ3v) is 3.12. The van der Waals surface area contributed by atoms with Gasteiger partial charge in [-0.3, -0.25) is 4.79 Å². The lowest BCUT2D eigenvalue weighted by molar-refractivity contribution is -0.146. The zero-order chi connectivity index (χ0) is 12.7. The number of hydrogen-bond donors (Lipinski definition) is 3. The molecule has 94 valence electrons. The van der Waals surface area contributed by atoms with Crippen LogP contribution in [0.5, 0.6) is 0 Å². The van der Waals surface area contributed by atoms with Crippen molar-refractivity contribution in [2.24, 2.45) is 0 Å². The van der Waals surface area contributed by atoms with Crippen molar-refractivity contribution in [3.63, 3.8) is 0 Å². The molecule has 0 saturated carbocycles. The van der Waals surface area contributed by atoms with Gasteiger partial charge >= 0.3 is 5.97 Å². The van der Waals surface area contributed by atoms with Gasteiger partial charge in [0, 0.05) is 11.3 Å². The first-order valence-corrected chi connectivity index (χ1v) is 6.17. The monoisotopic (exact) mass is 257 g/mol. The summed E-state index contributed by atoms with van der Waals surface area (Å²) >= 11 is 1.65. The topological polar surface area (TPSA) is 86.6 Å². The Morgan fingerprint density at radius 1 is 1.47 bits per heavy atom. The van der Waals surface area contributed by atoms with Crippen LogP contribution in [0.2, 0.25) is 0 Å². The van der Waals surface area contributed by atoms with E-state index in [1.54, 1.807) is 11.3 Å². The number of thiophene rings is 1. The Morgan fingerprint density at radius 3 is 2.82 bits per heavy atom. The lowest BCUT2D eigenvalue weighted by Gasteiger charge is -2.07. The molecule has 5 nitrogen and oxygen atoms in total. The number of carbonyl (C=O) groups excluding carboxylic acids is 1. The van der Waals surface area contributed by atoms with Crippen LogP contribution >= 0.6 is 11.3 Å². The number of aryl methyl sites for hydroxylation is 1. The summed E-state index contributed by atoms with van der Waals surface area (Å²) in [6, 6.07) is 3.97. The van der Waals surface area contributed by atoms with Gasteiger partial charge in [0.1, 0.15) is 0 Å². The quantitative estimate of drug-likeness (QED) is 0.668. The maximum absolute atomic E-state index is 11.3. The Labute approximate surface area is 103 Å². The number of aliphatic hydroxyl groups is 1. The van der Waals surface area contributed by atoms with Crippen LogP contribution in [0.15, 0.2) is 17.5 Å². The zero-order valence-corrected chi connectivity index (χ0v) is 10.1. The second-order valence-corrected chi connectivity index (χ2v) is 4.62. The average molecular weight is 257 g/mol. The molecule has 3 N–H and O–H groups in total. The fourth-order valence-corrected chi connectivity index (χ4v) is 2.02. The van der Waals surface area contributed by atoms with Crippen LogP contribution in [0.3, 0.4) is 0 Å². The summed E-state index contributed by atoms with van der Waals surface area (Å²) in [5.74, 6) is -1.56. The van der Waals surface area contributed by atoms with E-state index >= 15 is 0 Å². The molecule has 0 saturated heterocycles. The van der Waals surface area contributed by atoms with E-state index in [1.165, 1.54) is 4.88 Å². The summed E-state index contributed by atoms with van der Waals surface area (Å²) in [7, 11) is 0. The number of hydrogen-bond acceptors (Lipinski definition) is 4. The van der Waals surface area contributed by atoms with Gasteiger partial charge in [-0.05, 0) is 24.3 Å². The van der Waals surface area contributed by atoms with Crippen molar-refractivity contribution in [1.29, 1.82) is 0 Å². The Hall–Kier alpha value is -1.40. The van der Waals surface area contributed by atoms with E-state index in [-0.39, 0.29) is 12.5 Å². The molecule has 0 fully saturated rings. The fourth-order valence-electron chi connectivity index (χ4n) is 1.26. The minimum atomic E-state index is -1.53. The number of aliphatic hydroxyl groups excluding tert-OH is 1. The third-order valence-electron chi connectivity index (χ3n) is 2.18. The molecule has 0 bridgehead atoms. The summed E-state index contributed by atoms with van der Waals surface area (Å²) in [5, 5.41) is 21.7. The van der Waals surface area contributed by atoms with Crippen LogP contribution in [-0.4, -0.2) is 34.7 Å². The van der Waals surface area contributed by atoms with E-state index in [2.05, 4.69) is 5.32 Å². The number of carbonyl (C=O) groups is 2. The Bertz CT molecular complexity index is 364. The number of amides is 1. The van der Waals surface area contributed by atoms with Crippen LogP contribution in [-0.2, 0) is 16.0 Å². The normalized spacial score (nSPS) is 12.1. The lowest BCUT2D eigenvalue weighted by atomic mass is 10.2. The predicted octanol–water partition coefficient (Wildman–Crippen LogP) is 0.632. The molecule has 0 aliphatic carbocycles. The zero-order valence-electron chi connectivity index (χ0n) is 9.26. The summed E-state index contributed by atoms with van der Waals surface area (Å²) in [6.07, 6.45) is 0.364. The van der Waals surface area contributed by atoms with Gasteiger partial charge in [-0.1, -0.05) is 6.07 Å². The third kappa shape index (κ3) is 5.46. The Morgan fingerprint density at radius 2 is 2.24 bits per heavy atom. The molecule has 1 amide bonds. The highest BCUT2D eigenvalue weighted by molar-refractivity contribution is 7.09. The first kappa shape index (κ1) is 13.7. The van der Waals surface area contributed by atoms with Crippen molar-refractivity contribution in [2.75, 3.05) is 6.54 Å². The maximum Gasteiger partial charge on any atom is 0.334 e. The van der Waals surface area contributed by atoms with Gasteiger partial charge < -0.3 is 15.5 Å².